The number of nitrogens with two attached hydrogens (primary N) is 1. The number of hydrogen-bond acceptors (Lipinski definition) is 5. The molecule has 0 bridgehead atoms. The van der Waals surface area contributed by atoms with Crippen molar-refractivity contribution in [2.45, 2.75) is 19.5 Å². The Balaban J connectivity index is 2.00. The summed E-state index contributed by atoms with van der Waals surface area (Å²) >= 11 is 0. The number of pyridine rings is 1. The maximum absolute atomic E-state index is 5.94. The molecule has 1 aromatic heterocycles. The van der Waals surface area contributed by atoms with Crippen molar-refractivity contribution in [3.05, 3.63) is 23.9 Å². The van der Waals surface area contributed by atoms with Gasteiger partial charge in [0, 0.05) is 51.1 Å². The Morgan fingerprint density at radius 2 is 2.17 bits per heavy atom. The Morgan fingerprint density at radius 1 is 1.43 bits per heavy atom. The van der Waals surface area contributed by atoms with Crippen molar-refractivity contribution >= 4 is 11.8 Å². The number of likely N-dealkylation sites (N-methyl/N-ethyl adjacent to an activating group) is 1. The predicted octanol–water partition coefficient (Wildman–Crippen LogP) is 0.273. The zero-order chi connectivity index (χ0) is 16.7. The number of methoxy groups -OCH3 is 1. The molecular weight excluding hydrogens is 292 g/mol. The van der Waals surface area contributed by atoms with Crippen LogP contribution in [0.15, 0.2) is 23.3 Å². The van der Waals surface area contributed by atoms with Crippen LogP contribution in [-0.2, 0) is 11.3 Å². The third kappa shape index (κ3) is 5.37. The summed E-state index contributed by atoms with van der Waals surface area (Å²) in [5.41, 5.74) is 7.04. The van der Waals surface area contributed by atoms with E-state index in [4.69, 9.17) is 10.5 Å². The molecule has 0 spiro atoms. The average molecular weight is 320 g/mol. The molecule has 2 rings (SSSR count). The van der Waals surface area contributed by atoms with Gasteiger partial charge in [0.1, 0.15) is 5.82 Å². The first-order chi connectivity index (χ1) is 11.1. The van der Waals surface area contributed by atoms with E-state index in [2.05, 4.69) is 38.2 Å². The summed E-state index contributed by atoms with van der Waals surface area (Å²) in [6.45, 7) is 7.20. The van der Waals surface area contributed by atoms with Crippen LogP contribution < -0.4 is 16.0 Å². The highest BCUT2D eigenvalue weighted by atomic mass is 16.5. The van der Waals surface area contributed by atoms with Crippen LogP contribution in [0, 0.1) is 0 Å². The van der Waals surface area contributed by atoms with Gasteiger partial charge in [-0.2, -0.15) is 0 Å². The summed E-state index contributed by atoms with van der Waals surface area (Å²) in [5.74, 6) is 1.45. The fraction of sp³-hybridized carbons (Fsp3) is 0.625. The van der Waals surface area contributed by atoms with Crippen molar-refractivity contribution in [2.24, 2.45) is 10.7 Å². The van der Waals surface area contributed by atoms with Gasteiger partial charge in [-0.25, -0.2) is 9.98 Å². The van der Waals surface area contributed by atoms with Gasteiger partial charge in [0.05, 0.1) is 13.2 Å². The molecule has 0 aliphatic carbocycles. The third-order valence-electron chi connectivity index (χ3n) is 3.90. The highest BCUT2D eigenvalue weighted by Crippen LogP contribution is 2.19. The molecule has 1 aliphatic rings. The zero-order valence-electron chi connectivity index (χ0n) is 14.3. The van der Waals surface area contributed by atoms with Crippen LogP contribution in [0.1, 0.15) is 12.5 Å². The lowest BCUT2D eigenvalue weighted by Crippen LogP contribution is -2.45. The minimum atomic E-state index is 0.134. The summed E-state index contributed by atoms with van der Waals surface area (Å²) in [6.07, 6.45) is 1.84. The Kier molecular flexibility index (Phi) is 6.61. The molecule has 1 fully saturated rings. The molecule has 0 aromatic carbocycles. The largest absolute Gasteiger partial charge is 0.383 e. The van der Waals surface area contributed by atoms with Crippen molar-refractivity contribution < 1.29 is 4.74 Å². The number of nitrogens with one attached hydrogen (secondary N) is 1. The second-order valence-corrected chi connectivity index (χ2v) is 5.98. The van der Waals surface area contributed by atoms with Crippen molar-refractivity contribution in [3.8, 4) is 0 Å². The predicted molar refractivity (Wildman–Crippen MR) is 93.7 cm³/mol. The second-order valence-electron chi connectivity index (χ2n) is 5.98. The van der Waals surface area contributed by atoms with E-state index >= 15 is 0 Å². The number of ether oxygens (including phenoxy) is 1. The fourth-order valence-electron chi connectivity index (χ4n) is 2.62. The molecule has 0 radical (unpaired) electrons. The smallest absolute Gasteiger partial charge is 0.189 e. The van der Waals surface area contributed by atoms with E-state index in [0.717, 1.165) is 37.6 Å². The minimum Gasteiger partial charge on any atom is -0.383 e. The molecule has 3 N–H and O–H groups in total. The molecular formula is C16H28N6O. The van der Waals surface area contributed by atoms with Crippen molar-refractivity contribution in [1.29, 1.82) is 0 Å². The molecule has 23 heavy (non-hydrogen) atoms. The molecule has 1 aromatic rings. The van der Waals surface area contributed by atoms with Gasteiger partial charge in [-0.1, -0.05) is 6.07 Å². The summed E-state index contributed by atoms with van der Waals surface area (Å²) in [4.78, 5) is 13.6. The van der Waals surface area contributed by atoms with Gasteiger partial charge in [0.2, 0.25) is 0 Å². The van der Waals surface area contributed by atoms with Gasteiger partial charge in [-0.05, 0) is 20.0 Å². The normalized spacial score (nSPS) is 18.0. The zero-order valence-corrected chi connectivity index (χ0v) is 14.3. The molecule has 0 saturated carbocycles. The lowest BCUT2D eigenvalue weighted by molar-refractivity contribution is 0.179. The van der Waals surface area contributed by atoms with Crippen LogP contribution in [0.5, 0.6) is 0 Å². The highest BCUT2D eigenvalue weighted by molar-refractivity contribution is 5.78. The second kappa shape index (κ2) is 8.69. The van der Waals surface area contributed by atoms with Crippen molar-refractivity contribution in [1.82, 2.24) is 15.2 Å². The van der Waals surface area contributed by atoms with Crippen LogP contribution in [-0.4, -0.2) is 68.8 Å². The number of aliphatic imine (C=N–C) groups is 1. The Morgan fingerprint density at radius 3 is 2.87 bits per heavy atom. The third-order valence-corrected chi connectivity index (χ3v) is 3.90. The maximum Gasteiger partial charge on any atom is 0.189 e. The number of guanidine groups is 1. The monoisotopic (exact) mass is 320 g/mol. The number of piperazine rings is 1. The van der Waals surface area contributed by atoms with Gasteiger partial charge < -0.3 is 25.6 Å². The lowest BCUT2D eigenvalue weighted by atomic mass is 10.2. The molecule has 2 heterocycles. The fourth-order valence-corrected chi connectivity index (χ4v) is 2.62. The topological polar surface area (TPSA) is 79.0 Å². The van der Waals surface area contributed by atoms with E-state index in [1.165, 1.54) is 0 Å². The molecule has 0 unspecified atom stereocenters. The molecule has 1 saturated heterocycles. The first-order valence-electron chi connectivity index (χ1n) is 8.03. The molecule has 1 aliphatic heterocycles. The van der Waals surface area contributed by atoms with Crippen LogP contribution >= 0.6 is 0 Å². The Bertz CT molecular complexity index is 513. The number of anilines is 1. The summed E-state index contributed by atoms with van der Waals surface area (Å²) in [5, 5.41) is 3.12. The van der Waals surface area contributed by atoms with E-state index in [-0.39, 0.29) is 6.04 Å². The van der Waals surface area contributed by atoms with E-state index in [0.29, 0.717) is 19.1 Å². The SMILES string of the molecule is COC[C@H](C)NC(N)=NCc1cccnc1N1CCN(C)CC1. The summed E-state index contributed by atoms with van der Waals surface area (Å²) in [7, 11) is 3.82. The van der Waals surface area contributed by atoms with Crippen molar-refractivity contribution in [3.63, 3.8) is 0 Å². The van der Waals surface area contributed by atoms with Gasteiger partial charge in [0.25, 0.3) is 0 Å². The van der Waals surface area contributed by atoms with E-state index in [1.54, 1.807) is 7.11 Å². The standard InChI is InChI=1S/C16H28N6O/c1-13(12-23-3)20-16(17)19-11-14-5-4-6-18-15(14)22-9-7-21(2)8-10-22/h4-6,13H,7-12H2,1-3H3,(H3,17,19,20)/t13-/m0/s1. The average Bonchev–Trinajstić information content (AvgIpc) is 2.54. The first kappa shape index (κ1) is 17.5. The van der Waals surface area contributed by atoms with Crippen LogP contribution in [0.25, 0.3) is 0 Å². The summed E-state index contributed by atoms with van der Waals surface area (Å²) in [6, 6.07) is 4.15. The Labute approximate surface area is 138 Å². The Hall–Kier alpha value is -1.86. The first-order valence-corrected chi connectivity index (χ1v) is 8.03. The van der Waals surface area contributed by atoms with Gasteiger partial charge in [-0.3, -0.25) is 0 Å². The van der Waals surface area contributed by atoms with Crippen molar-refractivity contribution in [2.75, 3.05) is 51.8 Å². The molecule has 0 amide bonds. The number of nitrogens with zero attached hydrogens (tertiary/aromatic N) is 4. The van der Waals surface area contributed by atoms with Gasteiger partial charge in [-0.15, -0.1) is 0 Å². The van der Waals surface area contributed by atoms with E-state index < -0.39 is 0 Å². The van der Waals surface area contributed by atoms with Crippen LogP contribution in [0.3, 0.4) is 0 Å². The van der Waals surface area contributed by atoms with Gasteiger partial charge in [0.15, 0.2) is 5.96 Å². The van der Waals surface area contributed by atoms with Crippen LogP contribution in [0.4, 0.5) is 5.82 Å². The maximum atomic E-state index is 5.94. The van der Waals surface area contributed by atoms with E-state index in [9.17, 15) is 0 Å². The number of hydrogen-bond donors (Lipinski definition) is 2. The van der Waals surface area contributed by atoms with Crippen LogP contribution in [0.2, 0.25) is 0 Å². The quantitative estimate of drug-likeness (QED) is 0.579. The minimum absolute atomic E-state index is 0.134. The lowest BCUT2D eigenvalue weighted by Gasteiger charge is -2.34. The molecule has 7 heteroatoms. The summed E-state index contributed by atoms with van der Waals surface area (Å²) < 4.78 is 5.08. The molecule has 128 valence electrons. The van der Waals surface area contributed by atoms with E-state index in [1.807, 2.05) is 19.2 Å². The number of aromatic nitrogens is 1. The molecule has 1 atom stereocenters. The molecule has 7 nitrogen and oxygen atoms in total. The number of rotatable bonds is 6. The highest BCUT2D eigenvalue weighted by Gasteiger charge is 2.17. The van der Waals surface area contributed by atoms with Gasteiger partial charge >= 0.3 is 0 Å².